The number of aryl methyl sites for hydroxylation is 4. The van der Waals surface area contributed by atoms with E-state index in [0.717, 1.165) is 0 Å². The van der Waals surface area contributed by atoms with E-state index in [1.165, 1.54) is 37.2 Å². The van der Waals surface area contributed by atoms with Gasteiger partial charge in [0, 0.05) is 9.58 Å². The maximum atomic E-state index is 2.32. The first-order valence-electron chi connectivity index (χ1n) is 4.99. The van der Waals surface area contributed by atoms with Crippen molar-refractivity contribution in [3.8, 4) is 0 Å². The highest BCUT2D eigenvalue weighted by Crippen LogP contribution is 2.35. The average Bonchev–Trinajstić information content (AvgIpc) is 2.39. The van der Waals surface area contributed by atoms with E-state index in [-0.39, 0.29) is 0 Å². The van der Waals surface area contributed by atoms with Crippen molar-refractivity contribution in [3.05, 3.63) is 33.2 Å². The molecule has 0 bridgehead atoms. The van der Waals surface area contributed by atoms with Crippen LogP contribution in [0.5, 0.6) is 0 Å². The SMILES string of the molecule is Cc1cc2sc(C)c(C)c2c(C)c1C. The van der Waals surface area contributed by atoms with Crippen molar-refractivity contribution < 1.29 is 0 Å². The van der Waals surface area contributed by atoms with E-state index in [9.17, 15) is 0 Å². The van der Waals surface area contributed by atoms with Gasteiger partial charge in [-0.1, -0.05) is 0 Å². The van der Waals surface area contributed by atoms with Gasteiger partial charge in [-0.05, 0) is 68.3 Å². The molecular formula is C13H16S. The summed E-state index contributed by atoms with van der Waals surface area (Å²) in [6.07, 6.45) is 0. The van der Waals surface area contributed by atoms with Crippen molar-refractivity contribution in [2.45, 2.75) is 34.6 Å². The van der Waals surface area contributed by atoms with Gasteiger partial charge in [-0.15, -0.1) is 11.3 Å². The Hall–Kier alpha value is -0.820. The third-order valence-corrected chi connectivity index (χ3v) is 4.44. The fourth-order valence-corrected chi connectivity index (χ4v) is 3.24. The van der Waals surface area contributed by atoms with Gasteiger partial charge in [-0.25, -0.2) is 0 Å². The molecule has 0 N–H and O–H groups in total. The molecule has 0 spiro atoms. The van der Waals surface area contributed by atoms with Gasteiger partial charge >= 0.3 is 0 Å². The smallest absolute Gasteiger partial charge is 0.0353 e. The van der Waals surface area contributed by atoms with Crippen LogP contribution in [0.4, 0.5) is 0 Å². The highest BCUT2D eigenvalue weighted by molar-refractivity contribution is 7.19. The van der Waals surface area contributed by atoms with E-state index in [1.54, 1.807) is 0 Å². The van der Waals surface area contributed by atoms with Crippen molar-refractivity contribution in [1.82, 2.24) is 0 Å². The van der Waals surface area contributed by atoms with Gasteiger partial charge in [0.1, 0.15) is 0 Å². The molecule has 0 aliphatic heterocycles. The molecule has 0 amide bonds. The summed E-state index contributed by atoms with van der Waals surface area (Å²) in [4.78, 5) is 1.45. The van der Waals surface area contributed by atoms with E-state index in [4.69, 9.17) is 0 Å². The van der Waals surface area contributed by atoms with Crippen molar-refractivity contribution in [2.75, 3.05) is 0 Å². The van der Waals surface area contributed by atoms with Crippen molar-refractivity contribution in [2.24, 2.45) is 0 Å². The molecule has 14 heavy (non-hydrogen) atoms. The first-order valence-corrected chi connectivity index (χ1v) is 5.80. The summed E-state index contributed by atoms with van der Waals surface area (Å²) in [6, 6.07) is 2.32. The van der Waals surface area contributed by atoms with Crippen molar-refractivity contribution in [3.63, 3.8) is 0 Å². The number of hydrogen-bond donors (Lipinski definition) is 0. The van der Waals surface area contributed by atoms with Crippen molar-refractivity contribution >= 4 is 21.4 Å². The van der Waals surface area contributed by atoms with Gasteiger partial charge in [-0.3, -0.25) is 0 Å². The molecule has 2 aromatic rings. The van der Waals surface area contributed by atoms with E-state index in [2.05, 4.69) is 40.7 Å². The lowest BCUT2D eigenvalue weighted by molar-refractivity contribution is 1.29. The van der Waals surface area contributed by atoms with Gasteiger partial charge in [0.05, 0.1) is 0 Å². The summed E-state index contributed by atoms with van der Waals surface area (Å²) in [5, 5.41) is 1.48. The molecule has 74 valence electrons. The van der Waals surface area contributed by atoms with Gasteiger partial charge in [0.2, 0.25) is 0 Å². The number of rotatable bonds is 0. The van der Waals surface area contributed by atoms with Crippen LogP contribution in [0.2, 0.25) is 0 Å². The molecule has 0 fully saturated rings. The Balaban J connectivity index is 2.99. The van der Waals surface area contributed by atoms with Crippen LogP contribution in [0.3, 0.4) is 0 Å². The second-order valence-electron chi connectivity index (χ2n) is 4.10. The van der Waals surface area contributed by atoms with Gasteiger partial charge in [-0.2, -0.15) is 0 Å². The van der Waals surface area contributed by atoms with Crippen LogP contribution in [0.1, 0.15) is 27.1 Å². The van der Waals surface area contributed by atoms with Crippen LogP contribution in [-0.4, -0.2) is 0 Å². The topological polar surface area (TPSA) is 0 Å². The maximum Gasteiger partial charge on any atom is 0.0353 e. The maximum absolute atomic E-state index is 2.32. The number of thiophene rings is 1. The molecule has 0 nitrogen and oxygen atoms in total. The van der Waals surface area contributed by atoms with Crippen LogP contribution >= 0.6 is 11.3 Å². The van der Waals surface area contributed by atoms with Crippen LogP contribution in [-0.2, 0) is 0 Å². The van der Waals surface area contributed by atoms with Gasteiger partial charge in [0.25, 0.3) is 0 Å². The third-order valence-electron chi connectivity index (χ3n) is 3.29. The minimum atomic E-state index is 1.41. The Kier molecular flexibility index (Phi) is 2.15. The fourth-order valence-electron chi connectivity index (χ4n) is 2.01. The molecule has 0 radical (unpaired) electrons. The summed E-state index contributed by atoms with van der Waals surface area (Å²) in [6.45, 7) is 11.1. The highest BCUT2D eigenvalue weighted by Gasteiger charge is 2.10. The van der Waals surface area contributed by atoms with Crippen LogP contribution in [0.15, 0.2) is 6.07 Å². The first-order chi connectivity index (χ1) is 6.52. The first kappa shape index (κ1) is 9.72. The standard InChI is InChI=1S/C13H16S/c1-7-6-12-13(9(3)8(7)2)10(4)11(5)14-12/h6H,1-5H3. The summed E-state index contributed by atoms with van der Waals surface area (Å²) in [7, 11) is 0. The number of benzene rings is 1. The molecule has 1 aromatic heterocycles. The van der Waals surface area contributed by atoms with Crippen molar-refractivity contribution in [1.29, 1.82) is 0 Å². The molecule has 1 heteroatoms. The highest BCUT2D eigenvalue weighted by atomic mass is 32.1. The lowest BCUT2D eigenvalue weighted by atomic mass is 9.98. The lowest BCUT2D eigenvalue weighted by Gasteiger charge is -2.06. The van der Waals surface area contributed by atoms with E-state index < -0.39 is 0 Å². The molecule has 0 atom stereocenters. The Labute approximate surface area is 89.6 Å². The average molecular weight is 204 g/mol. The summed E-state index contributed by atoms with van der Waals surface area (Å²) >= 11 is 1.92. The molecular weight excluding hydrogens is 188 g/mol. The molecule has 1 heterocycles. The Morgan fingerprint density at radius 3 is 2.14 bits per heavy atom. The van der Waals surface area contributed by atoms with Crippen LogP contribution < -0.4 is 0 Å². The molecule has 0 aliphatic carbocycles. The van der Waals surface area contributed by atoms with Crippen LogP contribution in [0.25, 0.3) is 10.1 Å². The normalized spacial score (nSPS) is 11.2. The Morgan fingerprint density at radius 1 is 0.857 bits per heavy atom. The predicted octanol–water partition coefficient (Wildman–Crippen LogP) is 4.44. The molecule has 0 aliphatic rings. The zero-order chi connectivity index (χ0) is 10.5. The largest absolute Gasteiger partial charge is 0.140 e. The molecule has 2 rings (SSSR count). The molecule has 1 aromatic carbocycles. The Bertz CT molecular complexity index is 504. The fraction of sp³-hybridized carbons (Fsp3) is 0.385. The predicted molar refractivity (Wildman–Crippen MR) is 65.5 cm³/mol. The Morgan fingerprint density at radius 2 is 1.50 bits per heavy atom. The minimum Gasteiger partial charge on any atom is -0.140 e. The van der Waals surface area contributed by atoms with Crippen LogP contribution in [0, 0.1) is 34.6 Å². The quantitative estimate of drug-likeness (QED) is 0.595. The molecule has 0 saturated heterocycles. The zero-order valence-corrected chi connectivity index (χ0v) is 10.3. The molecule has 0 saturated carbocycles. The summed E-state index contributed by atoms with van der Waals surface area (Å²) in [5.74, 6) is 0. The molecule has 0 unspecified atom stereocenters. The number of hydrogen-bond acceptors (Lipinski definition) is 1. The van der Waals surface area contributed by atoms with Gasteiger partial charge < -0.3 is 0 Å². The summed E-state index contributed by atoms with van der Waals surface area (Å²) in [5.41, 5.74) is 5.78. The summed E-state index contributed by atoms with van der Waals surface area (Å²) < 4.78 is 1.45. The zero-order valence-electron chi connectivity index (χ0n) is 9.49. The van der Waals surface area contributed by atoms with E-state index >= 15 is 0 Å². The monoisotopic (exact) mass is 204 g/mol. The number of fused-ring (bicyclic) bond motifs is 1. The van der Waals surface area contributed by atoms with Gasteiger partial charge in [0.15, 0.2) is 0 Å². The second kappa shape index (κ2) is 3.09. The van der Waals surface area contributed by atoms with E-state index in [1.807, 2.05) is 11.3 Å². The third kappa shape index (κ3) is 1.19. The second-order valence-corrected chi connectivity index (χ2v) is 5.36. The lowest BCUT2D eigenvalue weighted by Crippen LogP contribution is -1.87. The van der Waals surface area contributed by atoms with E-state index in [0.29, 0.717) is 0 Å². The minimum absolute atomic E-state index is 1.41.